The van der Waals surface area contributed by atoms with E-state index in [1.165, 1.54) is 116 Å². The first-order valence-electron chi connectivity index (χ1n) is 15.8. The van der Waals surface area contributed by atoms with E-state index in [1.807, 2.05) is 0 Å². The SMILES string of the molecule is CCCCCCCCCCCCCCCCCCCCCC(O)C(=O)NCCCCCCOP(C)(=O)O. The van der Waals surface area contributed by atoms with Gasteiger partial charge in [-0.25, -0.2) is 0 Å². The van der Waals surface area contributed by atoms with Crippen LogP contribution in [0.4, 0.5) is 0 Å². The molecule has 1 amide bonds. The van der Waals surface area contributed by atoms with Crippen LogP contribution in [0.3, 0.4) is 0 Å². The molecule has 0 bridgehead atoms. The predicted octanol–water partition coefficient (Wildman–Crippen LogP) is 8.68. The predicted molar refractivity (Wildman–Crippen MR) is 157 cm³/mol. The summed E-state index contributed by atoms with van der Waals surface area (Å²) in [5.41, 5.74) is 0. The van der Waals surface area contributed by atoms with Crippen LogP contribution in [0.1, 0.15) is 161 Å². The van der Waals surface area contributed by atoms with Crippen LogP contribution in [-0.4, -0.2) is 41.8 Å². The van der Waals surface area contributed by atoms with E-state index in [0.29, 0.717) is 13.0 Å². The molecule has 0 aliphatic heterocycles. The van der Waals surface area contributed by atoms with E-state index in [1.54, 1.807) is 0 Å². The van der Waals surface area contributed by atoms with Gasteiger partial charge in [0.05, 0.1) is 6.61 Å². The number of amides is 1. The zero-order valence-corrected chi connectivity index (χ0v) is 25.4. The molecule has 3 N–H and O–H groups in total. The first-order chi connectivity index (χ1) is 17.9. The fourth-order valence-corrected chi connectivity index (χ4v) is 5.16. The van der Waals surface area contributed by atoms with Crippen LogP contribution in [0.2, 0.25) is 0 Å². The summed E-state index contributed by atoms with van der Waals surface area (Å²) in [6.45, 7) is 4.31. The van der Waals surface area contributed by atoms with Gasteiger partial charge in [0.15, 0.2) is 0 Å². The van der Waals surface area contributed by atoms with Gasteiger partial charge < -0.3 is 19.8 Å². The van der Waals surface area contributed by atoms with Gasteiger partial charge in [-0.1, -0.05) is 142 Å². The molecule has 0 rings (SSSR count). The highest BCUT2D eigenvalue weighted by atomic mass is 31.2. The smallest absolute Gasteiger partial charge is 0.325 e. The van der Waals surface area contributed by atoms with E-state index in [4.69, 9.17) is 9.42 Å². The van der Waals surface area contributed by atoms with Gasteiger partial charge in [0.25, 0.3) is 0 Å². The number of nitrogens with one attached hydrogen (secondary N) is 1. The summed E-state index contributed by atoms with van der Waals surface area (Å²) in [7, 11) is -3.37. The van der Waals surface area contributed by atoms with Crippen molar-refractivity contribution in [3.8, 4) is 0 Å². The lowest BCUT2D eigenvalue weighted by Crippen LogP contribution is -2.35. The minimum atomic E-state index is -3.37. The third-order valence-corrected chi connectivity index (χ3v) is 7.75. The van der Waals surface area contributed by atoms with Crippen LogP contribution in [0.25, 0.3) is 0 Å². The fraction of sp³-hybridized carbons (Fsp3) is 0.967. The molecule has 2 unspecified atom stereocenters. The minimum absolute atomic E-state index is 0.266. The quantitative estimate of drug-likeness (QED) is 0.0643. The Bertz CT molecular complexity index is 540. The van der Waals surface area contributed by atoms with Crippen molar-refractivity contribution < 1.29 is 23.9 Å². The second-order valence-corrected chi connectivity index (χ2v) is 12.9. The molecule has 0 saturated carbocycles. The molecule has 222 valence electrons. The zero-order valence-electron chi connectivity index (χ0n) is 24.5. The van der Waals surface area contributed by atoms with Crippen LogP contribution in [0.5, 0.6) is 0 Å². The summed E-state index contributed by atoms with van der Waals surface area (Å²) in [6, 6.07) is 0. The molecule has 37 heavy (non-hydrogen) atoms. The summed E-state index contributed by atoms with van der Waals surface area (Å²) in [5.74, 6) is -0.266. The zero-order chi connectivity index (χ0) is 27.5. The van der Waals surface area contributed by atoms with Crippen LogP contribution in [-0.2, 0) is 13.9 Å². The number of hydrogen-bond acceptors (Lipinski definition) is 4. The molecule has 0 aromatic carbocycles. The highest BCUT2D eigenvalue weighted by molar-refractivity contribution is 7.51. The maximum absolute atomic E-state index is 12.0. The van der Waals surface area contributed by atoms with Crippen molar-refractivity contribution in [1.82, 2.24) is 5.32 Å². The molecule has 0 aliphatic rings. The van der Waals surface area contributed by atoms with Gasteiger partial charge in [-0.2, -0.15) is 0 Å². The van der Waals surface area contributed by atoms with Crippen molar-refractivity contribution >= 4 is 13.5 Å². The summed E-state index contributed by atoms with van der Waals surface area (Å²) in [5, 5.41) is 12.8. The van der Waals surface area contributed by atoms with Gasteiger partial charge >= 0.3 is 7.60 Å². The van der Waals surface area contributed by atoms with E-state index in [0.717, 1.165) is 38.5 Å². The van der Waals surface area contributed by atoms with E-state index in [2.05, 4.69) is 12.2 Å². The highest BCUT2D eigenvalue weighted by Gasteiger charge is 2.13. The van der Waals surface area contributed by atoms with Crippen molar-refractivity contribution in [2.45, 2.75) is 167 Å². The van der Waals surface area contributed by atoms with Crippen LogP contribution in [0, 0.1) is 0 Å². The molecule has 0 radical (unpaired) electrons. The molecule has 0 saturated heterocycles. The number of carbonyl (C=O) groups is 1. The summed E-state index contributed by atoms with van der Waals surface area (Å²) < 4.78 is 15.8. The molecular formula is C30H62NO5P. The Morgan fingerprint density at radius 1 is 0.676 bits per heavy atom. The fourth-order valence-electron chi connectivity index (χ4n) is 4.69. The number of aliphatic hydroxyl groups is 1. The van der Waals surface area contributed by atoms with E-state index in [9.17, 15) is 14.5 Å². The van der Waals surface area contributed by atoms with E-state index < -0.39 is 13.7 Å². The Hall–Kier alpha value is -0.420. The third-order valence-electron chi connectivity index (χ3n) is 7.08. The first-order valence-corrected chi connectivity index (χ1v) is 17.8. The average Bonchev–Trinajstić information content (AvgIpc) is 2.86. The molecule has 0 spiro atoms. The Labute approximate surface area is 229 Å². The number of aliphatic hydroxyl groups excluding tert-OH is 1. The number of carbonyl (C=O) groups excluding carboxylic acids is 1. The Kier molecular flexibility index (Phi) is 26.9. The van der Waals surface area contributed by atoms with Gasteiger partial charge in [0.1, 0.15) is 6.10 Å². The minimum Gasteiger partial charge on any atom is -0.383 e. The van der Waals surface area contributed by atoms with Crippen molar-refractivity contribution in [1.29, 1.82) is 0 Å². The Balaban J connectivity index is 3.29. The van der Waals surface area contributed by atoms with E-state index in [-0.39, 0.29) is 12.5 Å². The Morgan fingerprint density at radius 2 is 1.05 bits per heavy atom. The van der Waals surface area contributed by atoms with Gasteiger partial charge in [0, 0.05) is 13.2 Å². The van der Waals surface area contributed by atoms with Crippen molar-refractivity contribution in [3.63, 3.8) is 0 Å². The van der Waals surface area contributed by atoms with Gasteiger partial charge in [-0.05, 0) is 19.3 Å². The van der Waals surface area contributed by atoms with E-state index >= 15 is 0 Å². The lowest BCUT2D eigenvalue weighted by Gasteiger charge is -2.11. The molecule has 0 aromatic rings. The number of hydrogen-bond donors (Lipinski definition) is 3. The largest absolute Gasteiger partial charge is 0.383 e. The maximum atomic E-state index is 12.0. The van der Waals surface area contributed by atoms with Crippen molar-refractivity contribution in [2.24, 2.45) is 0 Å². The molecule has 7 heteroatoms. The maximum Gasteiger partial charge on any atom is 0.325 e. The molecule has 0 aliphatic carbocycles. The molecular weight excluding hydrogens is 485 g/mol. The highest BCUT2D eigenvalue weighted by Crippen LogP contribution is 2.36. The first kappa shape index (κ1) is 36.6. The molecule has 0 fully saturated rings. The lowest BCUT2D eigenvalue weighted by atomic mass is 10.0. The molecule has 0 aromatic heterocycles. The lowest BCUT2D eigenvalue weighted by molar-refractivity contribution is -0.129. The third kappa shape index (κ3) is 30.0. The normalized spacial score (nSPS) is 13.9. The van der Waals surface area contributed by atoms with Crippen LogP contribution >= 0.6 is 7.60 Å². The molecule has 2 atom stereocenters. The monoisotopic (exact) mass is 547 g/mol. The Morgan fingerprint density at radius 3 is 1.49 bits per heavy atom. The number of rotatable bonds is 29. The van der Waals surface area contributed by atoms with Gasteiger partial charge in [-0.3, -0.25) is 9.36 Å². The molecule has 0 heterocycles. The van der Waals surface area contributed by atoms with Crippen LogP contribution < -0.4 is 5.32 Å². The second-order valence-electron chi connectivity index (χ2n) is 11.0. The van der Waals surface area contributed by atoms with Crippen molar-refractivity contribution in [2.75, 3.05) is 19.8 Å². The number of unbranched alkanes of at least 4 members (excludes halogenated alkanes) is 21. The standard InChI is InChI=1S/C30H62NO5P/c1-3-4-5-6-7-8-9-10-11-12-13-14-15-16-17-18-19-20-23-26-29(32)30(33)31-27-24-21-22-25-28-36-37(2,34)35/h29,32H,3-28H2,1-2H3,(H,31,33)(H,34,35). The average molecular weight is 548 g/mol. The van der Waals surface area contributed by atoms with Gasteiger partial charge in [0.2, 0.25) is 5.91 Å². The molecule has 6 nitrogen and oxygen atoms in total. The summed E-state index contributed by atoms with van der Waals surface area (Å²) in [6.07, 6.45) is 28.5. The second kappa shape index (κ2) is 27.2. The van der Waals surface area contributed by atoms with Crippen LogP contribution in [0.15, 0.2) is 0 Å². The summed E-state index contributed by atoms with van der Waals surface area (Å²) >= 11 is 0. The van der Waals surface area contributed by atoms with Crippen molar-refractivity contribution in [3.05, 3.63) is 0 Å². The summed E-state index contributed by atoms with van der Waals surface area (Å²) in [4.78, 5) is 21.0. The topological polar surface area (TPSA) is 95.9 Å². The van der Waals surface area contributed by atoms with Gasteiger partial charge in [-0.15, -0.1) is 0 Å².